The Bertz CT molecular complexity index is 2390. The van der Waals surface area contributed by atoms with E-state index in [-0.39, 0.29) is 54.6 Å². The van der Waals surface area contributed by atoms with Gasteiger partial charge in [0.15, 0.2) is 0 Å². The van der Waals surface area contributed by atoms with Crippen LogP contribution in [0.4, 0.5) is 28.4 Å². The molecule has 11 nitrogen and oxygen atoms in total. The van der Waals surface area contributed by atoms with Crippen LogP contribution < -0.4 is 55.1 Å². The van der Waals surface area contributed by atoms with E-state index in [1.807, 2.05) is 64.5 Å². The van der Waals surface area contributed by atoms with E-state index in [1.54, 1.807) is 32.4 Å². The van der Waals surface area contributed by atoms with Crippen LogP contribution in [0, 0.1) is 0 Å². The van der Waals surface area contributed by atoms with Crippen molar-refractivity contribution in [3.05, 3.63) is 124 Å². The van der Waals surface area contributed by atoms with Gasteiger partial charge in [-0.05, 0) is 29.7 Å². The minimum absolute atomic E-state index is 0.0288. The number of ether oxygens (including phenoxy) is 4. The molecule has 0 radical (unpaired) electrons. The van der Waals surface area contributed by atoms with Crippen molar-refractivity contribution in [2.45, 2.75) is 38.1 Å². The number of carbonyl (C=O) groups excluding carboxylic acids is 2. The molecule has 5 aromatic rings. The summed E-state index contributed by atoms with van der Waals surface area (Å²) in [5.74, 6) is 1.80. The SMILES string of the molecule is COc1cc2c(cc1OCc1cc(COc3cc4c(cc3OC)C(=O)N3c5ccccc5C[C@H]3CN4)cc(N[I-]I)c1)N=C[C@@H]1Cc3ccccc3N1C2=O. The number of para-hydroxylation sites is 2. The van der Waals surface area contributed by atoms with Crippen LogP contribution in [-0.4, -0.2) is 50.9 Å². The molecule has 0 aliphatic carbocycles. The Kier molecular flexibility index (Phi) is 9.66. The van der Waals surface area contributed by atoms with Crippen molar-refractivity contribution in [1.29, 1.82) is 0 Å². The third-order valence-electron chi connectivity index (χ3n) is 10.5. The van der Waals surface area contributed by atoms with Crippen LogP contribution in [0.1, 0.15) is 43.0 Å². The van der Waals surface area contributed by atoms with Gasteiger partial charge >= 0.3 is 257 Å². The van der Waals surface area contributed by atoms with E-state index in [9.17, 15) is 9.59 Å². The third kappa shape index (κ3) is 6.60. The number of anilines is 4. The molecule has 0 spiro atoms. The third-order valence-corrected chi connectivity index (χ3v) is 12.7. The summed E-state index contributed by atoms with van der Waals surface area (Å²) < 4.78 is 27.8. The number of methoxy groups -OCH3 is 2. The number of nitrogens with zero attached hydrogens (tertiary/aromatic N) is 3. The van der Waals surface area contributed by atoms with E-state index in [4.69, 9.17) is 23.9 Å². The van der Waals surface area contributed by atoms with Crippen molar-refractivity contribution in [3.63, 3.8) is 0 Å². The van der Waals surface area contributed by atoms with Crippen LogP contribution >= 0.6 is 18.6 Å². The first-order chi connectivity index (χ1) is 26.9. The van der Waals surface area contributed by atoms with Gasteiger partial charge < -0.3 is 0 Å². The molecule has 5 aromatic carbocycles. The second-order valence-electron chi connectivity index (χ2n) is 13.7. The van der Waals surface area contributed by atoms with Gasteiger partial charge in [-0.25, -0.2) is 0 Å². The summed E-state index contributed by atoms with van der Waals surface area (Å²) in [6.45, 7) is 1.12. The molecule has 280 valence electrons. The molecule has 0 saturated carbocycles. The van der Waals surface area contributed by atoms with E-state index in [0.29, 0.717) is 46.4 Å². The molecule has 2 amide bonds. The quantitative estimate of drug-likeness (QED) is 0.150. The maximum absolute atomic E-state index is 13.9. The number of amides is 2. The van der Waals surface area contributed by atoms with E-state index in [2.05, 4.69) is 51.7 Å². The molecule has 4 aliphatic rings. The number of hydrogen-bond acceptors (Lipinski definition) is 9. The Labute approximate surface area is 338 Å². The van der Waals surface area contributed by atoms with Crippen LogP contribution in [0.2, 0.25) is 0 Å². The normalized spacial score (nSPS) is 17.5. The van der Waals surface area contributed by atoms with E-state index < -0.39 is 0 Å². The first kappa shape index (κ1) is 35.7. The van der Waals surface area contributed by atoms with Crippen LogP contribution in [-0.2, 0) is 26.1 Å². The Balaban J connectivity index is 0.941. The Hall–Kier alpha value is -5.03. The van der Waals surface area contributed by atoms with Crippen molar-refractivity contribution in [3.8, 4) is 23.0 Å². The summed E-state index contributed by atoms with van der Waals surface area (Å²) in [7, 11) is 3.16. The van der Waals surface area contributed by atoms with Gasteiger partial charge in [0.25, 0.3) is 0 Å². The Morgan fingerprint density at radius 3 is 2.07 bits per heavy atom. The number of nitrogens with one attached hydrogen (secondary N) is 2. The van der Waals surface area contributed by atoms with Crippen molar-refractivity contribution < 1.29 is 46.0 Å². The second kappa shape index (κ2) is 14.9. The molecule has 0 unspecified atom stereocenters. The molecule has 4 aliphatic heterocycles. The predicted molar refractivity (Wildman–Crippen MR) is 217 cm³/mol. The van der Waals surface area contributed by atoms with Gasteiger partial charge in [-0.1, -0.05) is 36.4 Å². The molecule has 0 saturated heterocycles. The van der Waals surface area contributed by atoms with Crippen molar-refractivity contribution in [2.24, 2.45) is 4.99 Å². The summed E-state index contributed by atoms with van der Waals surface area (Å²) in [5, 5.41) is 3.51. The Morgan fingerprint density at radius 1 is 0.764 bits per heavy atom. The zero-order chi connectivity index (χ0) is 37.6. The van der Waals surface area contributed by atoms with Gasteiger partial charge in [0.2, 0.25) is 0 Å². The number of aliphatic imine (C=N–C) groups is 1. The van der Waals surface area contributed by atoms with Gasteiger partial charge in [-0.2, -0.15) is 0 Å². The number of halogens is 2. The van der Waals surface area contributed by atoms with Gasteiger partial charge in [0, 0.05) is 17.8 Å². The van der Waals surface area contributed by atoms with Crippen LogP contribution in [0.3, 0.4) is 0 Å². The van der Waals surface area contributed by atoms with Gasteiger partial charge in [-0.15, -0.1) is 0 Å². The summed E-state index contributed by atoms with van der Waals surface area (Å²) in [5.41, 5.74) is 9.29. The first-order valence-corrected chi connectivity index (χ1v) is 25.2. The van der Waals surface area contributed by atoms with E-state index >= 15 is 0 Å². The summed E-state index contributed by atoms with van der Waals surface area (Å²) >= 11 is 2.10. The topological polar surface area (TPSA) is 114 Å². The standard InChI is InChI=1S/C42H36I2N5O6/c1-52-37-16-31-33(45-20-29-14-26-7-3-5-9-35(26)48(29)41(31)50)18-39(37)54-22-24-11-25(13-28(12-24)47-44-43)23-55-40-19-34-32(17-38(40)53-2)42(51)49-30(21-46-34)15-27-8-4-6-10-36(27)49/h3-13,16-20,29-30,46-47H,14-15,21-23H2,1-2H3/q-1/t29-,30-/m0/s1. The Morgan fingerprint density at radius 2 is 1.38 bits per heavy atom. The average molecular weight is 961 g/mol. The number of benzene rings is 5. The van der Waals surface area contributed by atoms with Crippen LogP contribution in [0.5, 0.6) is 23.0 Å². The molecule has 13 heteroatoms. The van der Waals surface area contributed by atoms with Gasteiger partial charge in [0.05, 0.1) is 0 Å². The van der Waals surface area contributed by atoms with Crippen molar-refractivity contribution in [2.75, 3.05) is 39.4 Å². The molecule has 2 N–H and O–H groups in total. The fourth-order valence-electron chi connectivity index (χ4n) is 7.95. The van der Waals surface area contributed by atoms with Gasteiger partial charge in [0.1, 0.15) is 0 Å². The predicted octanol–water partition coefficient (Wildman–Crippen LogP) is 4.91. The maximum atomic E-state index is 13.9. The summed E-state index contributed by atoms with van der Waals surface area (Å²) in [4.78, 5) is 36.2. The summed E-state index contributed by atoms with van der Waals surface area (Å²) in [6, 6.07) is 29.3. The molecule has 0 aromatic heterocycles. The van der Waals surface area contributed by atoms with Gasteiger partial charge in [-0.3, -0.25) is 0 Å². The number of fused-ring (bicyclic) bond motifs is 8. The zero-order valence-electron chi connectivity index (χ0n) is 30.0. The molecular weight excluding hydrogens is 924 g/mol. The molecule has 4 heterocycles. The molecular formula is C42H36I2N5O6-. The molecule has 55 heavy (non-hydrogen) atoms. The molecule has 0 fully saturated rings. The number of carbonyl (C=O) groups is 2. The van der Waals surface area contributed by atoms with Crippen LogP contribution in [0.25, 0.3) is 0 Å². The minimum atomic E-state index is -0.287. The number of hydrogen-bond donors (Lipinski definition) is 2. The number of rotatable bonds is 10. The average Bonchev–Trinajstić information content (AvgIpc) is 3.70. The zero-order valence-corrected chi connectivity index (χ0v) is 34.3. The fraction of sp³-hybridized carbons (Fsp3) is 0.214. The fourth-order valence-corrected chi connectivity index (χ4v) is 10.1. The van der Waals surface area contributed by atoms with Crippen molar-refractivity contribution in [1.82, 2.24) is 0 Å². The van der Waals surface area contributed by atoms with Crippen molar-refractivity contribution >= 4 is 65.1 Å². The van der Waals surface area contributed by atoms with E-state index in [0.717, 1.165) is 52.3 Å². The molecule has 0 bridgehead atoms. The monoisotopic (exact) mass is 960 g/mol. The summed E-state index contributed by atoms with van der Waals surface area (Å²) in [6.07, 6.45) is 3.38. The molecule has 9 rings (SSSR count). The van der Waals surface area contributed by atoms with E-state index in [1.165, 1.54) is 5.56 Å². The molecule has 2 atom stereocenters. The first-order valence-electron chi connectivity index (χ1n) is 17.9. The second-order valence-corrected chi connectivity index (χ2v) is 17.4. The van der Waals surface area contributed by atoms with Crippen LogP contribution in [0.15, 0.2) is 96.0 Å².